The number of hydrogen-bond acceptors (Lipinski definition) is 8. The number of thioether (sulfide) groups is 1. The Kier molecular flexibility index (Phi) is 4.52. The molecule has 1 aliphatic rings. The minimum absolute atomic E-state index is 0.565. The molecule has 0 N–H and O–H groups in total. The molecular weight excluding hydrogens is 392 g/mol. The third-order valence-electron chi connectivity index (χ3n) is 4.77. The Morgan fingerprint density at radius 3 is 3.04 bits per heavy atom. The van der Waals surface area contributed by atoms with Crippen LogP contribution in [0.25, 0.3) is 21.6 Å². The van der Waals surface area contributed by atoms with E-state index in [1.807, 2.05) is 42.5 Å². The van der Waals surface area contributed by atoms with Gasteiger partial charge in [0.2, 0.25) is 11.7 Å². The van der Waals surface area contributed by atoms with Crippen LogP contribution in [-0.4, -0.2) is 27.2 Å². The number of hydrogen-bond donors (Lipinski definition) is 0. The van der Waals surface area contributed by atoms with E-state index in [4.69, 9.17) is 14.2 Å². The van der Waals surface area contributed by atoms with Crippen molar-refractivity contribution in [1.29, 1.82) is 0 Å². The molecule has 5 rings (SSSR count). The van der Waals surface area contributed by atoms with Crippen LogP contribution >= 0.6 is 23.1 Å². The van der Waals surface area contributed by atoms with Gasteiger partial charge in [0.1, 0.15) is 21.4 Å². The molecule has 4 aromatic rings. The molecule has 8 heteroatoms. The van der Waals surface area contributed by atoms with E-state index in [9.17, 15) is 0 Å². The van der Waals surface area contributed by atoms with E-state index in [0.29, 0.717) is 17.5 Å². The van der Waals surface area contributed by atoms with Crippen molar-refractivity contribution in [2.24, 2.45) is 0 Å². The zero-order chi connectivity index (χ0) is 19.1. The van der Waals surface area contributed by atoms with Crippen LogP contribution in [0.4, 0.5) is 0 Å². The van der Waals surface area contributed by atoms with Crippen molar-refractivity contribution in [2.75, 3.05) is 7.11 Å². The van der Waals surface area contributed by atoms with Gasteiger partial charge in [-0.05, 0) is 43.9 Å². The summed E-state index contributed by atoms with van der Waals surface area (Å²) in [6.07, 6.45) is 3.51. The van der Waals surface area contributed by atoms with Crippen molar-refractivity contribution in [1.82, 2.24) is 20.1 Å². The van der Waals surface area contributed by atoms with Crippen LogP contribution in [0.3, 0.4) is 0 Å². The lowest BCUT2D eigenvalue weighted by molar-refractivity contribution is 0.391. The quantitative estimate of drug-likeness (QED) is 0.344. The third kappa shape index (κ3) is 3.16. The van der Waals surface area contributed by atoms with E-state index in [1.54, 1.807) is 18.9 Å². The largest absolute Gasteiger partial charge is 0.497 e. The lowest BCUT2D eigenvalue weighted by Crippen LogP contribution is -1.93. The summed E-state index contributed by atoms with van der Waals surface area (Å²) in [7, 11) is 1.64. The Balaban J connectivity index is 1.41. The molecule has 6 nitrogen and oxygen atoms in total. The Morgan fingerprint density at radius 1 is 1.21 bits per heavy atom. The van der Waals surface area contributed by atoms with E-state index >= 15 is 0 Å². The average molecular weight is 411 g/mol. The van der Waals surface area contributed by atoms with Gasteiger partial charge in [-0.15, -0.1) is 11.3 Å². The van der Waals surface area contributed by atoms with Gasteiger partial charge in [-0.25, -0.2) is 9.97 Å². The van der Waals surface area contributed by atoms with E-state index in [0.717, 1.165) is 39.8 Å². The van der Waals surface area contributed by atoms with Gasteiger partial charge >= 0.3 is 0 Å². The number of fused-ring (bicyclic) bond motifs is 3. The number of thiophene rings is 1. The molecule has 28 heavy (non-hydrogen) atoms. The third-order valence-corrected chi connectivity index (χ3v) is 6.92. The molecule has 1 aliphatic carbocycles. The van der Waals surface area contributed by atoms with Gasteiger partial charge in [0.25, 0.3) is 0 Å². The maximum absolute atomic E-state index is 5.47. The molecule has 142 valence electrons. The van der Waals surface area contributed by atoms with Crippen LogP contribution in [0, 0.1) is 6.92 Å². The summed E-state index contributed by atoms with van der Waals surface area (Å²) in [6, 6.07) is 7.64. The summed E-state index contributed by atoms with van der Waals surface area (Å²) in [6.45, 7) is 1.95. The molecule has 1 aromatic carbocycles. The molecule has 0 bridgehead atoms. The molecular formula is C20H18N4O2S2. The lowest BCUT2D eigenvalue weighted by Gasteiger charge is -2.04. The van der Waals surface area contributed by atoms with Gasteiger partial charge in [-0.2, -0.15) is 4.98 Å². The Morgan fingerprint density at radius 2 is 2.14 bits per heavy atom. The fourth-order valence-corrected chi connectivity index (χ4v) is 5.80. The molecule has 0 saturated heterocycles. The molecule has 0 amide bonds. The molecule has 0 saturated carbocycles. The minimum Gasteiger partial charge on any atom is -0.497 e. The van der Waals surface area contributed by atoms with Crippen LogP contribution in [0.2, 0.25) is 0 Å². The minimum atomic E-state index is 0.565. The molecule has 0 atom stereocenters. The maximum Gasteiger partial charge on any atom is 0.237 e. The summed E-state index contributed by atoms with van der Waals surface area (Å²) in [5.41, 5.74) is 2.31. The highest BCUT2D eigenvalue weighted by atomic mass is 32.2. The van der Waals surface area contributed by atoms with Crippen molar-refractivity contribution >= 4 is 33.3 Å². The van der Waals surface area contributed by atoms with E-state index in [2.05, 4.69) is 15.1 Å². The van der Waals surface area contributed by atoms with E-state index in [1.165, 1.54) is 22.2 Å². The standard InChI is InChI=1S/C20H18N4O2S2/c1-11-21-19(17-14-7-4-8-15(14)28-20(17)22-11)27-10-16-23-18(24-26-16)12-5-3-6-13(9-12)25-2/h3,5-6,9H,4,7-8,10H2,1-2H3. The number of rotatable bonds is 5. The fraction of sp³-hybridized carbons (Fsp3) is 0.300. The predicted molar refractivity (Wildman–Crippen MR) is 110 cm³/mol. The highest BCUT2D eigenvalue weighted by Crippen LogP contribution is 2.41. The van der Waals surface area contributed by atoms with Crippen LogP contribution in [0.5, 0.6) is 5.75 Å². The molecule has 0 aliphatic heterocycles. The van der Waals surface area contributed by atoms with Crippen LogP contribution < -0.4 is 4.74 Å². The topological polar surface area (TPSA) is 73.9 Å². The van der Waals surface area contributed by atoms with Crippen molar-refractivity contribution < 1.29 is 9.26 Å². The first kappa shape index (κ1) is 17.6. The Bertz CT molecular complexity index is 1170. The van der Waals surface area contributed by atoms with Gasteiger partial charge in [0.05, 0.1) is 12.9 Å². The van der Waals surface area contributed by atoms with Crippen LogP contribution in [-0.2, 0) is 18.6 Å². The molecule has 0 radical (unpaired) electrons. The Labute approximate surface area is 170 Å². The number of aryl methyl sites for hydroxylation is 3. The first-order valence-corrected chi connectivity index (χ1v) is 10.9. The normalized spacial score (nSPS) is 13.2. The zero-order valence-electron chi connectivity index (χ0n) is 15.6. The molecule has 3 aromatic heterocycles. The van der Waals surface area contributed by atoms with Gasteiger partial charge in [0.15, 0.2) is 0 Å². The summed E-state index contributed by atoms with van der Waals surface area (Å²) >= 11 is 3.45. The lowest BCUT2D eigenvalue weighted by atomic mass is 10.2. The van der Waals surface area contributed by atoms with Gasteiger partial charge in [-0.3, -0.25) is 0 Å². The predicted octanol–water partition coefficient (Wildman–Crippen LogP) is 4.84. The second kappa shape index (κ2) is 7.18. The maximum atomic E-state index is 5.47. The molecule has 3 heterocycles. The average Bonchev–Trinajstić information content (AvgIpc) is 3.41. The summed E-state index contributed by atoms with van der Waals surface area (Å²) in [5.74, 6) is 3.29. The van der Waals surface area contributed by atoms with Crippen LogP contribution in [0.1, 0.15) is 28.6 Å². The van der Waals surface area contributed by atoms with E-state index < -0.39 is 0 Å². The van der Waals surface area contributed by atoms with Gasteiger partial charge in [-0.1, -0.05) is 29.1 Å². The van der Waals surface area contributed by atoms with Crippen molar-refractivity contribution in [3.8, 4) is 17.1 Å². The van der Waals surface area contributed by atoms with Gasteiger partial charge < -0.3 is 9.26 Å². The molecule has 0 fully saturated rings. The molecule has 0 unspecified atom stereocenters. The first-order chi connectivity index (χ1) is 13.7. The van der Waals surface area contributed by atoms with E-state index in [-0.39, 0.29) is 0 Å². The number of methoxy groups -OCH3 is 1. The van der Waals surface area contributed by atoms with Gasteiger partial charge in [0, 0.05) is 15.8 Å². The second-order valence-corrected chi connectivity index (χ2v) is 8.69. The highest BCUT2D eigenvalue weighted by molar-refractivity contribution is 7.98. The smallest absolute Gasteiger partial charge is 0.237 e. The number of benzene rings is 1. The van der Waals surface area contributed by atoms with Crippen LogP contribution in [0.15, 0.2) is 33.8 Å². The number of aromatic nitrogens is 4. The summed E-state index contributed by atoms with van der Waals surface area (Å²) in [5, 5.41) is 6.36. The summed E-state index contributed by atoms with van der Waals surface area (Å²) < 4.78 is 10.7. The zero-order valence-corrected chi connectivity index (χ0v) is 17.2. The van der Waals surface area contributed by atoms with Crippen molar-refractivity contribution in [2.45, 2.75) is 37.0 Å². The Hall–Kier alpha value is -2.45. The number of ether oxygens (including phenoxy) is 1. The fourth-order valence-electron chi connectivity index (χ4n) is 3.49. The van der Waals surface area contributed by atoms with Crippen molar-refractivity contribution in [3.63, 3.8) is 0 Å². The van der Waals surface area contributed by atoms with Crippen molar-refractivity contribution in [3.05, 3.63) is 46.4 Å². The molecule has 0 spiro atoms. The second-order valence-electron chi connectivity index (χ2n) is 6.65. The number of nitrogens with zero attached hydrogens (tertiary/aromatic N) is 4. The first-order valence-electron chi connectivity index (χ1n) is 9.10. The summed E-state index contributed by atoms with van der Waals surface area (Å²) in [4.78, 5) is 16.5. The SMILES string of the molecule is COc1cccc(-c2noc(CSc3nc(C)nc4sc5c(c34)CCC5)n2)c1. The highest BCUT2D eigenvalue weighted by Gasteiger charge is 2.22. The monoisotopic (exact) mass is 410 g/mol.